The van der Waals surface area contributed by atoms with E-state index in [1.54, 1.807) is 4.68 Å². The lowest BCUT2D eigenvalue weighted by Crippen LogP contribution is -2.29. The Kier molecular flexibility index (Phi) is 4.95. The Hall–Kier alpha value is -1.47. The Morgan fingerprint density at radius 2 is 2.10 bits per heavy atom. The third kappa shape index (κ3) is 4.25. The SMILES string of the molecule is CC(C)(C)OCCn1nnc(C(=O)O)c1C1CCNCC1. The minimum atomic E-state index is -1.01. The second-order valence-electron chi connectivity index (χ2n) is 6.34. The normalized spacial score (nSPS) is 17.1. The molecule has 0 aliphatic carbocycles. The molecule has 0 aromatic carbocycles. The Balaban J connectivity index is 2.14. The zero-order chi connectivity index (χ0) is 15.5. The van der Waals surface area contributed by atoms with Crippen LogP contribution < -0.4 is 5.32 Å². The summed E-state index contributed by atoms with van der Waals surface area (Å²) in [6.45, 7) is 8.78. The summed E-state index contributed by atoms with van der Waals surface area (Å²) in [6.07, 6.45) is 1.82. The van der Waals surface area contributed by atoms with Gasteiger partial charge in [-0.15, -0.1) is 5.10 Å². The average Bonchev–Trinajstić information content (AvgIpc) is 2.82. The van der Waals surface area contributed by atoms with Crippen LogP contribution in [-0.2, 0) is 11.3 Å². The zero-order valence-corrected chi connectivity index (χ0v) is 12.9. The number of carboxylic acids is 1. The number of rotatable bonds is 5. The van der Waals surface area contributed by atoms with Crippen LogP contribution >= 0.6 is 0 Å². The Labute approximate surface area is 124 Å². The third-order valence-electron chi connectivity index (χ3n) is 3.54. The minimum absolute atomic E-state index is 0.0812. The summed E-state index contributed by atoms with van der Waals surface area (Å²) in [5.74, 6) is -0.812. The lowest BCUT2D eigenvalue weighted by atomic mass is 9.93. The van der Waals surface area contributed by atoms with Crippen molar-refractivity contribution in [3.8, 4) is 0 Å². The maximum Gasteiger partial charge on any atom is 0.358 e. The van der Waals surface area contributed by atoms with Gasteiger partial charge in [0, 0.05) is 5.92 Å². The highest BCUT2D eigenvalue weighted by Crippen LogP contribution is 2.27. The highest BCUT2D eigenvalue weighted by molar-refractivity contribution is 5.86. The quantitative estimate of drug-likeness (QED) is 0.850. The van der Waals surface area contributed by atoms with E-state index in [2.05, 4.69) is 15.6 Å². The van der Waals surface area contributed by atoms with Gasteiger partial charge in [0.05, 0.1) is 24.4 Å². The van der Waals surface area contributed by atoms with Crippen molar-refractivity contribution in [2.24, 2.45) is 0 Å². The summed E-state index contributed by atoms with van der Waals surface area (Å²) < 4.78 is 7.40. The summed E-state index contributed by atoms with van der Waals surface area (Å²) in [7, 11) is 0. The van der Waals surface area contributed by atoms with E-state index in [0.717, 1.165) is 31.6 Å². The number of aromatic carboxylic acids is 1. The first-order valence-electron chi connectivity index (χ1n) is 7.40. The van der Waals surface area contributed by atoms with Crippen molar-refractivity contribution in [3.05, 3.63) is 11.4 Å². The summed E-state index contributed by atoms with van der Waals surface area (Å²) in [6, 6.07) is 0. The molecule has 0 spiro atoms. The second kappa shape index (κ2) is 6.53. The van der Waals surface area contributed by atoms with Crippen molar-refractivity contribution in [2.45, 2.75) is 51.7 Å². The molecular formula is C14H24N4O3. The number of hydrogen-bond donors (Lipinski definition) is 2. The van der Waals surface area contributed by atoms with E-state index in [-0.39, 0.29) is 17.2 Å². The summed E-state index contributed by atoms with van der Waals surface area (Å²) in [4.78, 5) is 11.3. The highest BCUT2D eigenvalue weighted by atomic mass is 16.5. The molecule has 0 atom stereocenters. The molecule has 2 N–H and O–H groups in total. The van der Waals surface area contributed by atoms with Crippen LogP contribution in [0.2, 0.25) is 0 Å². The molecule has 118 valence electrons. The standard InChI is InChI=1S/C14H24N4O3/c1-14(2,3)21-9-8-18-12(10-4-6-15-7-5-10)11(13(19)20)16-17-18/h10,15H,4-9H2,1-3H3,(H,19,20). The lowest BCUT2D eigenvalue weighted by molar-refractivity contribution is -0.00846. The maximum atomic E-state index is 11.3. The van der Waals surface area contributed by atoms with Crippen LogP contribution in [0.1, 0.15) is 55.7 Å². The second-order valence-corrected chi connectivity index (χ2v) is 6.34. The smallest absolute Gasteiger partial charge is 0.358 e. The topological polar surface area (TPSA) is 89.3 Å². The predicted octanol–water partition coefficient (Wildman–Crippen LogP) is 1.26. The fourth-order valence-corrected chi connectivity index (χ4v) is 2.58. The van der Waals surface area contributed by atoms with Crippen LogP contribution in [0, 0.1) is 0 Å². The molecule has 2 rings (SSSR count). The van der Waals surface area contributed by atoms with Gasteiger partial charge in [-0.25, -0.2) is 9.48 Å². The van der Waals surface area contributed by atoms with E-state index >= 15 is 0 Å². The van der Waals surface area contributed by atoms with Crippen molar-refractivity contribution >= 4 is 5.97 Å². The summed E-state index contributed by atoms with van der Waals surface area (Å²) >= 11 is 0. The maximum absolute atomic E-state index is 11.3. The molecule has 1 aromatic heterocycles. The molecule has 1 saturated heterocycles. The molecule has 1 fully saturated rings. The van der Waals surface area contributed by atoms with Gasteiger partial charge in [-0.1, -0.05) is 5.21 Å². The van der Waals surface area contributed by atoms with Gasteiger partial charge in [0.1, 0.15) is 0 Å². The van der Waals surface area contributed by atoms with E-state index in [4.69, 9.17) is 4.74 Å². The van der Waals surface area contributed by atoms with Crippen molar-refractivity contribution in [1.29, 1.82) is 0 Å². The fraction of sp³-hybridized carbons (Fsp3) is 0.786. The molecule has 7 nitrogen and oxygen atoms in total. The molecule has 0 amide bonds. The molecule has 21 heavy (non-hydrogen) atoms. The third-order valence-corrected chi connectivity index (χ3v) is 3.54. The number of nitrogens with one attached hydrogen (secondary N) is 1. The van der Waals surface area contributed by atoms with E-state index in [9.17, 15) is 9.90 Å². The number of carbonyl (C=O) groups is 1. The first-order chi connectivity index (χ1) is 9.88. The number of piperidine rings is 1. The molecule has 0 unspecified atom stereocenters. The largest absolute Gasteiger partial charge is 0.476 e. The van der Waals surface area contributed by atoms with E-state index < -0.39 is 5.97 Å². The zero-order valence-electron chi connectivity index (χ0n) is 12.9. The molecule has 7 heteroatoms. The number of nitrogens with zero attached hydrogens (tertiary/aromatic N) is 3. The molecule has 0 saturated carbocycles. The number of ether oxygens (including phenoxy) is 1. The van der Waals surface area contributed by atoms with Crippen molar-refractivity contribution in [2.75, 3.05) is 19.7 Å². The van der Waals surface area contributed by atoms with E-state index in [0.29, 0.717) is 13.2 Å². The van der Waals surface area contributed by atoms with Gasteiger partial charge >= 0.3 is 5.97 Å². The molecule has 1 aliphatic rings. The fourth-order valence-electron chi connectivity index (χ4n) is 2.58. The minimum Gasteiger partial charge on any atom is -0.476 e. The van der Waals surface area contributed by atoms with Gasteiger partial charge in [-0.2, -0.15) is 0 Å². The van der Waals surface area contributed by atoms with Crippen LogP contribution in [0.15, 0.2) is 0 Å². The van der Waals surface area contributed by atoms with Gasteiger partial charge in [0.25, 0.3) is 0 Å². The Bertz CT molecular complexity index is 487. The monoisotopic (exact) mass is 296 g/mol. The van der Waals surface area contributed by atoms with Gasteiger partial charge in [-0.05, 0) is 46.7 Å². The van der Waals surface area contributed by atoms with E-state index in [1.807, 2.05) is 20.8 Å². The van der Waals surface area contributed by atoms with Gasteiger partial charge in [0.15, 0.2) is 5.69 Å². The van der Waals surface area contributed by atoms with Crippen LogP contribution in [0.25, 0.3) is 0 Å². The summed E-state index contributed by atoms with van der Waals surface area (Å²) in [5.41, 5.74) is 0.602. The highest BCUT2D eigenvalue weighted by Gasteiger charge is 2.27. The molecule has 1 aromatic rings. The van der Waals surface area contributed by atoms with Gasteiger partial charge < -0.3 is 15.2 Å². The van der Waals surface area contributed by atoms with Crippen LogP contribution in [0.4, 0.5) is 0 Å². The lowest BCUT2D eigenvalue weighted by Gasteiger charge is -2.24. The van der Waals surface area contributed by atoms with Crippen molar-refractivity contribution in [1.82, 2.24) is 20.3 Å². The molecule has 0 bridgehead atoms. The number of hydrogen-bond acceptors (Lipinski definition) is 5. The molecule has 1 aliphatic heterocycles. The van der Waals surface area contributed by atoms with Gasteiger partial charge in [-0.3, -0.25) is 0 Å². The van der Waals surface area contributed by atoms with Crippen LogP contribution in [-0.4, -0.2) is 51.4 Å². The predicted molar refractivity (Wildman–Crippen MR) is 77.5 cm³/mol. The Morgan fingerprint density at radius 3 is 2.67 bits per heavy atom. The van der Waals surface area contributed by atoms with Crippen molar-refractivity contribution in [3.63, 3.8) is 0 Å². The molecule has 2 heterocycles. The average molecular weight is 296 g/mol. The molecule has 0 radical (unpaired) electrons. The van der Waals surface area contributed by atoms with Crippen LogP contribution in [0.3, 0.4) is 0 Å². The number of carboxylic acid groups (broad SMARTS) is 1. The summed E-state index contributed by atoms with van der Waals surface area (Å²) in [5, 5.41) is 20.4. The van der Waals surface area contributed by atoms with Crippen LogP contribution in [0.5, 0.6) is 0 Å². The van der Waals surface area contributed by atoms with Crippen molar-refractivity contribution < 1.29 is 14.6 Å². The number of aromatic nitrogens is 3. The molecular weight excluding hydrogens is 272 g/mol. The Morgan fingerprint density at radius 1 is 1.43 bits per heavy atom. The first-order valence-corrected chi connectivity index (χ1v) is 7.40. The first kappa shape index (κ1) is 15.9. The van der Waals surface area contributed by atoms with E-state index in [1.165, 1.54) is 0 Å². The van der Waals surface area contributed by atoms with Gasteiger partial charge in [0.2, 0.25) is 0 Å².